The SMILES string of the molecule is CCOC(=O)CC(C)(F)c1ccc(Cl)cc1. The minimum absolute atomic E-state index is 0.259. The van der Waals surface area contributed by atoms with Crippen molar-refractivity contribution >= 4 is 17.6 Å². The van der Waals surface area contributed by atoms with E-state index in [1.54, 1.807) is 31.2 Å². The Morgan fingerprint density at radius 2 is 2.00 bits per heavy atom. The Morgan fingerprint density at radius 1 is 1.44 bits per heavy atom. The smallest absolute Gasteiger partial charge is 0.309 e. The van der Waals surface area contributed by atoms with Crippen LogP contribution in [-0.4, -0.2) is 12.6 Å². The highest BCUT2D eigenvalue weighted by molar-refractivity contribution is 6.30. The molecule has 0 bridgehead atoms. The van der Waals surface area contributed by atoms with Gasteiger partial charge in [-0.25, -0.2) is 4.39 Å². The van der Waals surface area contributed by atoms with Gasteiger partial charge in [0.1, 0.15) is 5.67 Å². The van der Waals surface area contributed by atoms with Gasteiger partial charge in [0.05, 0.1) is 13.0 Å². The maximum atomic E-state index is 14.2. The highest BCUT2D eigenvalue weighted by Crippen LogP contribution is 2.30. The first-order valence-corrected chi connectivity index (χ1v) is 5.44. The topological polar surface area (TPSA) is 26.3 Å². The maximum absolute atomic E-state index is 14.2. The van der Waals surface area contributed by atoms with Gasteiger partial charge in [-0.05, 0) is 31.5 Å². The lowest BCUT2D eigenvalue weighted by Crippen LogP contribution is -2.21. The number of carbonyl (C=O) groups is 1. The molecule has 0 spiro atoms. The molecule has 16 heavy (non-hydrogen) atoms. The zero-order valence-corrected chi connectivity index (χ0v) is 10.1. The number of rotatable bonds is 4. The Labute approximate surface area is 99.4 Å². The summed E-state index contributed by atoms with van der Waals surface area (Å²) in [6, 6.07) is 6.34. The minimum atomic E-state index is -1.73. The van der Waals surface area contributed by atoms with Crippen molar-refractivity contribution in [2.75, 3.05) is 6.61 Å². The normalized spacial score (nSPS) is 14.2. The summed E-state index contributed by atoms with van der Waals surface area (Å²) < 4.78 is 18.9. The Kier molecular flexibility index (Phi) is 4.30. The highest BCUT2D eigenvalue weighted by Gasteiger charge is 2.29. The lowest BCUT2D eigenvalue weighted by atomic mass is 9.94. The van der Waals surface area contributed by atoms with E-state index >= 15 is 0 Å². The van der Waals surface area contributed by atoms with Crippen LogP contribution in [0.5, 0.6) is 0 Å². The van der Waals surface area contributed by atoms with Crippen LogP contribution in [0.25, 0.3) is 0 Å². The number of carbonyl (C=O) groups excluding carboxylic acids is 1. The molecule has 4 heteroatoms. The zero-order valence-electron chi connectivity index (χ0n) is 9.30. The average Bonchev–Trinajstić information content (AvgIpc) is 2.17. The first kappa shape index (κ1) is 13.0. The summed E-state index contributed by atoms with van der Waals surface area (Å²) in [5.74, 6) is -0.539. The number of halogens is 2. The van der Waals surface area contributed by atoms with Gasteiger partial charge < -0.3 is 4.74 Å². The van der Waals surface area contributed by atoms with Crippen LogP contribution in [0.3, 0.4) is 0 Å². The van der Waals surface area contributed by atoms with Gasteiger partial charge in [-0.2, -0.15) is 0 Å². The van der Waals surface area contributed by atoms with E-state index in [0.717, 1.165) is 0 Å². The van der Waals surface area contributed by atoms with Crippen molar-refractivity contribution in [3.8, 4) is 0 Å². The molecule has 0 aliphatic rings. The monoisotopic (exact) mass is 244 g/mol. The summed E-state index contributed by atoms with van der Waals surface area (Å²) in [5, 5.41) is 0.538. The average molecular weight is 245 g/mol. The molecule has 0 saturated carbocycles. The van der Waals surface area contributed by atoms with E-state index in [9.17, 15) is 9.18 Å². The maximum Gasteiger partial charge on any atom is 0.309 e. The van der Waals surface area contributed by atoms with Gasteiger partial charge in [0.25, 0.3) is 0 Å². The van der Waals surface area contributed by atoms with E-state index in [1.807, 2.05) is 0 Å². The van der Waals surface area contributed by atoms with E-state index in [2.05, 4.69) is 0 Å². The molecule has 88 valence electrons. The van der Waals surface area contributed by atoms with Crippen LogP contribution >= 0.6 is 11.6 Å². The van der Waals surface area contributed by atoms with Gasteiger partial charge in [0, 0.05) is 5.02 Å². The van der Waals surface area contributed by atoms with Gasteiger partial charge in [0.15, 0.2) is 0 Å². The van der Waals surface area contributed by atoms with Crippen molar-refractivity contribution in [1.82, 2.24) is 0 Å². The molecule has 1 rings (SSSR count). The van der Waals surface area contributed by atoms with Crippen LogP contribution < -0.4 is 0 Å². The molecule has 1 aromatic carbocycles. The Hall–Kier alpha value is -1.09. The third-order valence-electron chi connectivity index (χ3n) is 2.23. The molecule has 0 heterocycles. The molecule has 1 unspecified atom stereocenters. The van der Waals surface area contributed by atoms with E-state index < -0.39 is 11.6 Å². The molecule has 0 aromatic heterocycles. The number of ether oxygens (including phenoxy) is 1. The molecule has 0 aliphatic heterocycles. The van der Waals surface area contributed by atoms with Crippen molar-refractivity contribution in [3.63, 3.8) is 0 Å². The lowest BCUT2D eigenvalue weighted by molar-refractivity contribution is -0.146. The van der Waals surface area contributed by atoms with E-state index in [4.69, 9.17) is 16.3 Å². The van der Waals surface area contributed by atoms with Crippen molar-refractivity contribution in [3.05, 3.63) is 34.9 Å². The molecular formula is C12H14ClFO2. The molecule has 0 N–H and O–H groups in total. The number of benzene rings is 1. The second-order valence-electron chi connectivity index (χ2n) is 3.69. The molecule has 0 fully saturated rings. The third kappa shape index (κ3) is 3.49. The lowest BCUT2D eigenvalue weighted by Gasteiger charge is -2.19. The highest BCUT2D eigenvalue weighted by atomic mass is 35.5. The van der Waals surface area contributed by atoms with Crippen LogP contribution in [0.2, 0.25) is 5.02 Å². The molecule has 0 saturated heterocycles. The summed E-state index contributed by atoms with van der Waals surface area (Å²) in [7, 11) is 0. The predicted molar refractivity (Wildman–Crippen MR) is 61.2 cm³/mol. The van der Waals surface area contributed by atoms with Crippen LogP contribution in [0.4, 0.5) is 4.39 Å². The van der Waals surface area contributed by atoms with Crippen molar-refractivity contribution in [1.29, 1.82) is 0 Å². The number of hydrogen-bond acceptors (Lipinski definition) is 2. The largest absolute Gasteiger partial charge is 0.466 e. The Bertz CT molecular complexity index is 360. The molecular weight excluding hydrogens is 231 g/mol. The van der Waals surface area contributed by atoms with Gasteiger partial charge in [-0.15, -0.1) is 0 Å². The van der Waals surface area contributed by atoms with Crippen LogP contribution in [0.1, 0.15) is 25.8 Å². The van der Waals surface area contributed by atoms with E-state index in [1.165, 1.54) is 6.92 Å². The van der Waals surface area contributed by atoms with Crippen LogP contribution in [-0.2, 0) is 15.2 Å². The molecule has 2 nitrogen and oxygen atoms in total. The van der Waals surface area contributed by atoms with Crippen molar-refractivity contribution < 1.29 is 13.9 Å². The van der Waals surface area contributed by atoms with E-state index in [-0.39, 0.29) is 13.0 Å². The quantitative estimate of drug-likeness (QED) is 0.758. The standard InChI is InChI=1S/C12H14ClFO2/c1-3-16-11(15)8-12(2,14)9-4-6-10(13)7-5-9/h4-7H,3,8H2,1-2H3. The number of alkyl halides is 1. The molecule has 1 aromatic rings. The van der Waals surface area contributed by atoms with Crippen molar-refractivity contribution in [2.45, 2.75) is 25.9 Å². The van der Waals surface area contributed by atoms with Gasteiger partial charge in [0.2, 0.25) is 0 Å². The van der Waals surface area contributed by atoms with Crippen LogP contribution in [0, 0.1) is 0 Å². The first-order chi connectivity index (χ1) is 7.45. The third-order valence-corrected chi connectivity index (χ3v) is 2.48. The summed E-state index contributed by atoms with van der Waals surface area (Å²) >= 11 is 5.70. The predicted octanol–water partition coefficient (Wildman–Crippen LogP) is 3.48. The molecule has 0 aliphatic carbocycles. The van der Waals surface area contributed by atoms with E-state index in [0.29, 0.717) is 10.6 Å². The zero-order chi connectivity index (χ0) is 12.2. The summed E-state index contributed by atoms with van der Waals surface area (Å²) in [6.45, 7) is 3.30. The Morgan fingerprint density at radius 3 is 2.50 bits per heavy atom. The molecule has 1 atom stereocenters. The summed E-state index contributed by atoms with van der Waals surface area (Å²) in [4.78, 5) is 11.2. The minimum Gasteiger partial charge on any atom is -0.466 e. The molecule has 0 radical (unpaired) electrons. The van der Waals surface area contributed by atoms with Crippen molar-refractivity contribution in [2.24, 2.45) is 0 Å². The van der Waals surface area contributed by atoms with Crippen LogP contribution in [0.15, 0.2) is 24.3 Å². The fourth-order valence-electron chi connectivity index (χ4n) is 1.38. The fraction of sp³-hybridized carbons (Fsp3) is 0.417. The number of hydrogen-bond donors (Lipinski definition) is 0. The fourth-order valence-corrected chi connectivity index (χ4v) is 1.51. The second-order valence-corrected chi connectivity index (χ2v) is 4.12. The number of esters is 1. The molecule has 0 amide bonds. The summed E-state index contributed by atoms with van der Waals surface area (Å²) in [5.41, 5.74) is -1.30. The van der Waals surface area contributed by atoms with Gasteiger partial charge in [-0.3, -0.25) is 4.79 Å². The summed E-state index contributed by atoms with van der Waals surface area (Å²) in [6.07, 6.45) is -0.289. The first-order valence-electron chi connectivity index (χ1n) is 5.06. The Balaban J connectivity index is 2.76. The second kappa shape index (κ2) is 5.30. The van der Waals surface area contributed by atoms with Gasteiger partial charge >= 0.3 is 5.97 Å². The van der Waals surface area contributed by atoms with Gasteiger partial charge in [-0.1, -0.05) is 23.7 Å².